The summed E-state index contributed by atoms with van der Waals surface area (Å²) in [5.41, 5.74) is 5.62. The van der Waals surface area contributed by atoms with Crippen molar-refractivity contribution in [2.24, 2.45) is 5.73 Å². The summed E-state index contributed by atoms with van der Waals surface area (Å²) in [6.45, 7) is 2.36. The third-order valence-electron chi connectivity index (χ3n) is 3.82. The van der Waals surface area contributed by atoms with E-state index in [2.05, 4.69) is 4.90 Å². The number of likely N-dealkylation sites (tertiary alicyclic amines) is 1. The zero-order valence-electron chi connectivity index (χ0n) is 11.5. The molecule has 1 atom stereocenters. The summed E-state index contributed by atoms with van der Waals surface area (Å²) in [6, 6.07) is 5.03. The molecule has 2 nitrogen and oxygen atoms in total. The van der Waals surface area contributed by atoms with Crippen molar-refractivity contribution < 1.29 is 13.2 Å². The van der Waals surface area contributed by atoms with Crippen molar-refractivity contribution in [2.45, 2.75) is 37.9 Å². The van der Waals surface area contributed by atoms with Gasteiger partial charge in [0.2, 0.25) is 0 Å². The van der Waals surface area contributed by atoms with Crippen LogP contribution in [0, 0.1) is 0 Å². The van der Waals surface area contributed by atoms with E-state index in [1.807, 2.05) is 0 Å². The normalized spacial score (nSPS) is 19.6. The van der Waals surface area contributed by atoms with E-state index in [4.69, 9.17) is 5.73 Å². The van der Waals surface area contributed by atoms with E-state index in [1.54, 1.807) is 6.07 Å². The van der Waals surface area contributed by atoms with Crippen LogP contribution in [-0.4, -0.2) is 24.5 Å². The highest BCUT2D eigenvalue weighted by Gasteiger charge is 2.34. The standard InChI is InChI=1S/C15H21F3N2/c16-15(17,18)13-8-4-3-7-12(13)14(19)11-20-9-5-1-2-6-10-20/h3-4,7-8,14H,1-2,5-6,9-11,19H2. The van der Waals surface area contributed by atoms with Crippen LogP contribution in [0.25, 0.3) is 0 Å². The lowest BCUT2D eigenvalue weighted by atomic mass is 10.00. The summed E-state index contributed by atoms with van der Waals surface area (Å²) < 4.78 is 38.9. The zero-order chi connectivity index (χ0) is 14.6. The van der Waals surface area contributed by atoms with Crippen molar-refractivity contribution in [3.8, 4) is 0 Å². The van der Waals surface area contributed by atoms with Crippen LogP contribution in [0.4, 0.5) is 13.2 Å². The molecule has 0 aromatic heterocycles. The summed E-state index contributed by atoms with van der Waals surface area (Å²) in [6.07, 6.45) is 0.268. The maximum absolute atomic E-state index is 13.0. The number of nitrogens with zero attached hydrogens (tertiary/aromatic N) is 1. The molecule has 0 aliphatic carbocycles. The Kier molecular flexibility index (Phi) is 5.05. The van der Waals surface area contributed by atoms with Gasteiger partial charge in [0.25, 0.3) is 0 Å². The smallest absolute Gasteiger partial charge is 0.323 e. The maximum Gasteiger partial charge on any atom is 0.416 e. The van der Waals surface area contributed by atoms with Crippen LogP contribution >= 0.6 is 0 Å². The van der Waals surface area contributed by atoms with Crippen molar-refractivity contribution in [3.63, 3.8) is 0 Å². The van der Waals surface area contributed by atoms with Gasteiger partial charge in [0, 0.05) is 12.6 Å². The van der Waals surface area contributed by atoms with Gasteiger partial charge in [-0.1, -0.05) is 31.0 Å². The molecule has 1 aliphatic rings. The molecule has 0 radical (unpaired) electrons. The molecule has 1 unspecified atom stereocenters. The highest BCUT2D eigenvalue weighted by Crippen LogP contribution is 2.34. The molecular weight excluding hydrogens is 265 g/mol. The van der Waals surface area contributed by atoms with Gasteiger partial charge in [-0.25, -0.2) is 0 Å². The molecular formula is C15H21F3N2. The molecule has 1 aromatic rings. The Labute approximate surface area is 117 Å². The van der Waals surface area contributed by atoms with Crippen molar-refractivity contribution in [1.29, 1.82) is 0 Å². The summed E-state index contributed by atoms with van der Waals surface area (Å²) in [4.78, 5) is 2.19. The minimum Gasteiger partial charge on any atom is -0.323 e. The van der Waals surface area contributed by atoms with E-state index in [9.17, 15) is 13.2 Å². The van der Waals surface area contributed by atoms with E-state index in [0.717, 1.165) is 32.0 Å². The van der Waals surface area contributed by atoms with Gasteiger partial charge < -0.3 is 10.6 Å². The average Bonchev–Trinajstić information content (AvgIpc) is 2.66. The molecule has 0 spiro atoms. The molecule has 2 N–H and O–H groups in total. The Hall–Kier alpha value is -1.07. The molecule has 1 aromatic carbocycles. The summed E-state index contributed by atoms with van der Waals surface area (Å²) in [7, 11) is 0. The van der Waals surface area contributed by atoms with Gasteiger partial charge in [0.15, 0.2) is 0 Å². The Morgan fingerprint density at radius 1 is 1.05 bits per heavy atom. The van der Waals surface area contributed by atoms with E-state index in [0.29, 0.717) is 6.54 Å². The molecule has 0 saturated carbocycles. The van der Waals surface area contributed by atoms with Crippen LogP contribution < -0.4 is 5.73 Å². The summed E-state index contributed by atoms with van der Waals surface area (Å²) in [5.74, 6) is 0. The van der Waals surface area contributed by atoms with Crippen molar-refractivity contribution >= 4 is 0 Å². The number of hydrogen-bond acceptors (Lipinski definition) is 2. The molecule has 1 heterocycles. The second-order valence-electron chi connectivity index (χ2n) is 5.41. The molecule has 1 fully saturated rings. The summed E-state index contributed by atoms with van der Waals surface area (Å²) >= 11 is 0. The van der Waals surface area contributed by atoms with Gasteiger partial charge in [-0.05, 0) is 37.6 Å². The van der Waals surface area contributed by atoms with Crippen molar-refractivity contribution in [3.05, 3.63) is 35.4 Å². The third kappa shape index (κ3) is 3.96. The largest absolute Gasteiger partial charge is 0.416 e. The monoisotopic (exact) mass is 286 g/mol. The minimum absolute atomic E-state index is 0.198. The first kappa shape index (κ1) is 15.3. The van der Waals surface area contributed by atoms with Gasteiger partial charge in [0.05, 0.1) is 5.56 Å². The van der Waals surface area contributed by atoms with Crippen LogP contribution in [0.3, 0.4) is 0 Å². The molecule has 1 saturated heterocycles. The molecule has 0 amide bonds. The fraction of sp³-hybridized carbons (Fsp3) is 0.600. The van der Waals surface area contributed by atoms with E-state index < -0.39 is 17.8 Å². The van der Waals surface area contributed by atoms with Crippen LogP contribution in [0.1, 0.15) is 42.9 Å². The quantitative estimate of drug-likeness (QED) is 0.920. The lowest BCUT2D eigenvalue weighted by Crippen LogP contribution is -2.34. The van der Waals surface area contributed by atoms with Crippen molar-refractivity contribution in [1.82, 2.24) is 4.90 Å². The molecule has 112 valence electrons. The Bertz CT molecular complexity index is 423. The Balaban J connectivity index is 2.10. The van der Waals surface area contributed by atoms with Gasteiger partial charge in [-0.2, -0.15) is 13.2 Å². The fourth-order valence-electron chi connectivity index (χ4n) is 2.77. The first-order chi connectivity index (χ1) is 9.48. The number of alkyl halides is 3. The third-order valence-corrected chi connectivity index (χ3v) is 3.82. The predicted octanol–water partition coefficient (Wildman–Crippen LogP) is 3.58. The second kappa shape index (κ2) is 6.59. The van der Waals surface area contributed by atoms with Crippen LogP contribution in [0.5, 0.6) is 0 Å². The lowest BCUT2D eigenvalue weighted by Gasteiger charge is -2.25. The van der Waals surface area contributed by atoms with E-state index in [1.165, 1.54) is 25.0 Å². The van der Waals surface area contributed by atoms with Crippen LogP contribution in [0.2, 0.25) is 0 Å². The van der Waals surface area contributed by atoms with Crippen LogP contribution in [-0.2, 0) is 6.18 Å². The molecule has 5 heteroatoms. The highest BCUT2D eigenvalue weighted by molar-refractivity contribution is 5.32. The molecule has 20 heavy (non-hydrogen) atoms. The van der Waals surface area contributed by atoms with Gasteiger partial charge in [-0.15, -0.1) is 0 Å². The average molecular weight is 286 g/mol. The zero-order valence-corrected chi connectivity index (χ0v) is 11.5. The SMILES string of the molecule is NC(CN1CCCCCC1)c1ccccc1C(F)(F)F. The van der Waals surface area contributed by atoms with E-state index in [-0.39, 0.29) is 5.56 Å². The summed E-state index contributed by atoms with van der Waals surface area (Å²) in [5, 5.41) is 0. The molecule has 0 bridgehead atoms. The van der Waals surface area contributed by atoms with Gasteiger partial charge in [-0.3, -0.25) is 0 Å². The molecule has 1 aliphatic heterocycles. The van der Waals surface area contributed by atoms with Gasteiger partial charge >= 0.3 is 6.18 Å². The number of benzene rings is 1. The lowest BCUT2D eigenvalue weighted by molar-refractivity contribution is -0.138. The topological polar surface area (TPSA) is 29.3 Å². The predicted molar refractivity (Wildman–Crippen MR) is 73.3 cm³/mol. The first-order valence-electron chi connectivity index (χ1n) is 7.12. The van der Waals surface area contributed by atoms with Gasteiger partial charge in [0.1, 0.15) is 0 Å². The minimum atomic E-state index is -4.34. The van der Waals surface area contributed by atoms with E-state index >= 15 is 0 Å². The number of rotatable bonds is 3. The number of hydrogen-bond donors (Lipinski definition) is 1. The Morgan fingerprint density at radius 3 is 2.25 bits per heavy atom. The highest BCUT2D eigenvalue weighted by atomic mass is 19.4. The molecule has 2 rings (SSSR count). The first-order valence-corrected chi connectivity index (χ1v) is 7.12. The number of halogens is 3. The second-order valence-corrected chi connectivity index (χ2v) is 5.41. The van der Waals surface area contributed by atoms with Crippen molar-refractivity contribution in [2.75, 3.05) is 19.6 Å². The number of nitrogens with two attached hydrogens (primary N) is 1. The van der Waals surface area contributed by atoms with Crippen LogP contribution in [0.15, 0.2) is 24.3 Å². The Morgan fingerprint density at radius 2 is 1.65 bits per heavy atom. The fourth-order valence-corrected chi connectivity index (χ4v) is 2.77. The maximum atomic E-state index is 13.0.